The molecule has 0 aromatic heterocycles. The van der Waals surface area contributed by atoms with E-state index in [1.54, 1.807) is 0 Å². The summed E-state index contributed by atoms with van der Waals surface area (Å²) in [5, 5.41) is 1.54. The molecule has 0 unspecified atom stereocenters. The number of alkyl halides is 6. The third-order valence-electron chi connectivity index (χ3n) is 1.77. The zero-order valence-corrected chi connectivity index (χ0v) is 9.10. The maximum absolute atomic E-state index is 11.9. The summed E-state index contributed by atoms with van der Waals surface area (Å²) in [6.07, 6.45) is -9.55. The van der Waals surface area contributed by atoms with E-state index in [1.807, 2.05) is 0 Å². The van der Waals surface area contributed by atoms with Crippen LogP contribution in [0.15, 0.2) is 24.3 Å². The molecule has 1 aromatic carbocycles. The van der Waals surface area contributed by atoms with Gasteiger partial charge in [-0.25, -0.2) is 0 Å². The summed E-state index contributed by atoms with van der Waals surface area (Å²) in [6, 6.07) is 4.01. The van der Waals surface area contributed by atoms with Crippen molar-refractivity contribution in [2.24, 2.45) is 0 Å². The Morgan fingerprint density at radius 1 is 1.05 bits per heavy atom. The molecule has 3 nitrogen and oxygen atoms in total. The molecule has 0 aliphatic rings. The van der Waals surface area contributed by atoms with Crippen LogP contribution in [0.4, 0.5) is 32.0 Å². The van der Waals surface area contributed by atoms with Crippen molar-refractivity contribution in [2.75, 3.05) is 11.9 Å². The Balaban J connectivity index is 2.60. The first-order valence-electron chi connectivity index (χ1n) is 4.76. The largest absolute Gasteiger partial charge is 0.484 e. The van der Waals surface area contributed by atoms with E-state index < -0.39 is 24.9 Å². The highest BCUT2D eigenvalue weighted by molar-refractivity contribution is 5.94. The van der Waals surface area contributed by atoms with Crippen molar-refractivity contribution in [3.63, 3.8) is 0 Å². The van der Waals surface area contributed by atoms with Crippen molar-refractivity contribution in [2.45, 2.75) is 12.4 Å². The van der Waals surface area contributed by atoms with E-state index in [4.69, 9.17) is 0 Å². The number of amides is 1. The van der Waals surface area contributed by atoms with Crippen molar-refractivity contribution >= 4 is 11.6 Å². The second-order valence-electron chi connectivity index (χ2n) is 3.38. The van der Waals surface area contributed by atoms with Gasteiger partial charge in [0.1, 0.15) is 5.75 Å². The molecule has 0 saturated heterocycles. The summed E-state index contributed by atoms with van der Waals surface area (Å²) in [5.41, 5.74) is -0.207. The second-order valence-corrected chi connectivity index (χ2v) is 3.38. The summed E-state index contributed by atoms with van der Waals surface area (Å²) >= 11 is 0. The van der Waals surface area contributed by atoms with Gasteiger partial charge in [0.25, 0.3) is 0 Å². The number of hydrogen-bond acceptors (Lipinski definition) is 2. The first-order valence-corrected chi connectivity index (χ1v) is 4.76. The Hall–Kier alpha value is -1.93. The van der Waals surface area contributed by atoms with E-state index in [9.17, 15) is 31.1 Å². The molecule has 0 bridgehead atoms. The van der Waals surface area contributed by atoms with Gasteiger partial charge < -0.3 is 10.1 Å². The highest BCUT2D eigenvalue weighted by Gasteiger charge is 2.38. The van der Waals surface area contributed by atoms with E-state index in [1.165, 1.54) is 5.32 Å². The molecule has 19 heavy (non-hydrogen) atoms. The summed E-state index contributed by atoms with van der Waals surface area (Å²) < 4.78 is 75.5. The van der Waals surface area contributed by atoms with Gasteiger partial charge in [-0.15, -0.1) is 0 Å². The molecule has 0 fully saturated rings. The lowest BCUT2D eigenvalue weighted by Gasteiger charge is -2.10. The molecule has 0 saturated carbocycles. The monoisotopic (exact) mass is 287 g/mol. The minimum atomic E-state index is -5.04. The number of carbonyl (C=O) groups is 1. The number of anilines is 1. The maximum atomic E-state index is 11.9. The van der Waals surface area contributed by atoms with Crippen LogP contribution in [0.25, 0.3) is 0 Å². The number of benzene rings is 1. The third kappa shape index (κ3) is 5.49. The van der Waals surface area contributed by atoms with Crippen LogP contribution in [-0.4, -0.2) is 24.9 Å². The van der Waals surface area contributed by atoms with E-state index in [-0.39, 0.29) is 11.4 Å². The zero-order chi connectivity index (χ0) is 14.7. The lowest BCUT2D eigenvalue weighted by Crippen LogP contribution is -2.29. The van der Waals surface area contributed by atoms with Gasteiger partial charge in [0.15, 0.2) is 6.61 Å². The molecule has 0 atom stereocenters. The lowest BCUT2D eigenvalue weighted by atomic mass is 10.3. The lowest BCUT2D eigenvalue weighted by molar-refractivity contribution is -0.167. The predicted octanol–water partition coefficient (Wildman–Crippen LogP) is 3.13. The van der Waals surface area contributed by atoms with Crippen LogP contribution >= 0.6 is 0 Å². The van der Waals surface area contributed by atoms with Gasteiger partial charge in [-0.3, -0.25) is 4.79 Å². The SMILES string of the molecule is O=C(Nc1ccc(OCC(F)(F)F)cc1)C(F)(F)F. The standard InChI is InChI=1S/C10H7F6NO2/c11-9(12,13)5-19-7-3-1-6(2-4-7)17-8(18)10(14,15)16/h1-4H,5H2,(H,17,18). The molecule has 1 rings (SSSR count). The first kappa shape index (κ1) is 15.1. The topological polar surface area (TPSA) is 38.3 Å². The second kappa shape index (κ2) is 5.37. The molecule has 1 aromatic rings. The number of hydrogen-bond donors (Lipinski definition) is 1. The normalized spacial score (nSPS) is 12.1. The molecule has 0 spiro atoms. The molecule has 1 N–H and O–H groups in total. The molecule has 9 heteroatoms. The number of nitrogens with one attached hydrogen (secondary N) is 1. The molecule has 0 heterocycles. The first-order chi connectivity index (χ1) is 8.58. The number of halogens is 6. The van der Waals surface area contributed by atoms with Gasteiger partial charge >= 0.3 is 18.3 Å². The molecule has 106 valence electrons. The van der Waals surface area contributed by atoms with Crippen molar-refractivity contribution in [1.29, 1.82) is 0 Å². The fourth-order valence-electron chi connectivity index (χ4n) is 1.00. The summed E-state index contributed by atoms with van der Waals surface area (Å²) in [5.74, 6) is -2.35. The quantitative estimate of drug-likeness (QED) is 0.867. The van der Waals surface area contributed by atoms with Crippen molar-refractivity contribution < 1.29 is 35.9 Å². The molecule has 0 aliphatic heterocycles. The molecule has 0 aliphatic carbocycles. The van der Waals surface area contributed by atoms with Gasteiger partial charge in [-0.2, -0.15) is 26.3 Å². The Kier molecular flexibility index (Phi) is 4.28. The molecular weight excluding hydrogens is 280 g/mol. The Bertz CT molecular complexity index is 437. The summed E-state index contributed by atoms with van der Waals surface area (Å²) in [4.78, 5) is 10.6. The smallest absolute Gasteiger partial charge is 0.471 e. The van der Waals surface area contributed by atoms with E-state index in [2.05, 4.69) is 4.74 Å². The molecule has 0 radical (unpaired) electrons. The van der Waals surface area contributed by atoms with Crippen LogP contribution in [0.5, 0.6) is 5.75 Å². The van der Waals surface area contributed by atoms with Crippen molar-refractivity contribution in [3.8, 4) is 5.75 Å². The fraction of sp³-hybridized carbons (Fsp3) is 0.300. The third-order valence-corrected chi connectivity index (χ3v) is 1.77. The summed E-state index contributed by atoms with van der Waals surface area (Å²) in [6.45, 7) is -1.51. The van der Waals surface area contributed by atoms with E-state index in [0.29, 0.717) is 0 Å². The molecule has 1 amide bonds. The van der Waals surface area contributed by atoms with Gasteiger partial charge in [0.05, 0.1) is 0 Å². The highest BCUT2D eigenvalue weighted by Crippen LogP contribution is 2.22. The van der Waals surface area contributed by atoms with Crippen LogP contribution in [0.1, 0.15) is 0 Å². The van der Waals surface area contributed by atoms with Crippen LogP contribution < -0.4 is 10.1 Å². The van der Waals surface area contributed by atoms with Gasteiger partial charge in [-0.1, -0.05) is 0 Å². The highest BCUT2D eigenvalue weighted by atomic mass is 19.4. The van der Waals surface area contributed by atoms with Crippen LogP contribution in [0.3, 0.4) is 0 Å². The number of carbonyl (C=O) groups excluding carboxylic acids is 1. The average Bonchev–Trinajstić information content (AvgIpc) is 2.26. The van der Waals surface area contributed by atoms with Gasteiger partial charge in [0, 0.05) is 5.69 Å². The minimum absolute atomic E-state index is 0.178. The number of ether oxygens (including phenoxy) is 1. The van der Waals surface area contributed by atoms with Gasteiger partial charge in [0.2, 0.25) is 0 Å². The predicted molar refractivity (Wildman–Crippen MR) is 52.7 cm³/mol. The van der Waals surface area contributed by atoms with E-state index in [0.717, 1.165) is 24.3 Å². The Labute approximate surface area is 103 Å². The van der Waals surface area contributed by atoms with E-state index >= 15 is 0 Å². The Morgan fingerprint density at radius 3 is 2.00 bits per heavy atom. The minimum Gasteiger partial charge on any atom is -0.484 e. The fourth-order valence-corrected chi connectivity index (χ4v) is 1.00. The van der Waals surface area contributed by atoms with Crippen LogP contribution in [-0.2, 0) is 4.79 Å². The Morgan fingerprint density at radius 2 is 1.58 bits per heavy atom. The molecular formula is C10H7F6NO2. The number of rotatable bonds is 3. The van der Waals surface area contributed by atoms with Crippen LogP contribution in [0.2, 0.25) is 0 Å². The zero-order valence-electron chi connectivity index (χ0n) is 9.10. The van der Waals surface area contributed by atoms with Crippen molar-refractivity contribution in [1.82, 2.24) is 0 Å². The van der Waals surface area contributed by atoms with Gasteiger partial charge in [-0.05, 0) is 24.3 Å². The average molecular weight is 287 g/mol. The maximum Gasteiger partial charge on any atom is 0.471 e. The summed E-state index contributed by atoms with van der Waals surface area (Å²) in [7, 11) is 0. The van der Waals surface area contributed by atoms with Crippen molar-refractivity contribution in [3.05, 3.63) is 24.3 Å². The van der Waals surface area contributed by atoms with Crippen LogP contribution in [0, 0.1) is 0 Å².